The lowest BCUT2D eigenvalue weighted by Gasteiger charge is -2.17. The molecule has 0 aliphatic heterocycles. The summed E-state index contributed by atoms with van der Waals surface area (Å²) in [6.45, 7) is 8.23. The van der Waals surface area contributed by atoms with E-state index in [9.17, 15) is 14.0 Å². The summed E-state index contributed by atoms with van der Waals surface area (Å²) in [4.78, 5) is 24.7. The number of hydrogen-bond donors (Lipinski definition) is 3. The van der Waals surface area contributed by atoms with Crippen molar-refractivity contribution >= 4 is 28.4 Å². The minimum absolute atomic E-state index is 0.151. The second-order valence-corrected chi connectivity index (χ2v) is 8.42. The van der Waals surface area contributed by atoms with Crippen LogP contribution in [0.3, 0.4) is 0 Å². The topological polar surface area (TPSA) is 96.0 Å². The highest BCUT2D eigenvalue weighted by atomic mass is 32.1. The fourth-order valence-corrected chi connectivity index (χ4v) is 3.12. The molecule has 9 heteroatoms. The molecule has 0 saturated heterocycles. The van der Waals surface area contributed by atoms with Crippen LogP contribution in [0.15, 0.2) is 24.3 Å². The van der Waals surface area contributed by atoms with Gasteiger partial charge in [0.2, 0.25) is 11.0 Å². The number of urea groups is 1. The van der Waals surface area contributed by atoms with E-state index in [1.165, 1.54) is 23.5 Å². The number of nitrogens with zero attached hydrogens (tertiary/aromatic N) is 2. The van der Waals surface area contributed by atoms with Gasteiger partial charge in [0.25, 0.3) is 0 Å². The molecule has 0 spiro atoms. The highest BCUT2D eigenvalue weighted by Crippen LogP contribution is 2.27. The molecule has 1 aromatic carbocycles. The number of benzene rings is 1. The zero-order valence-electron chi connectivity index (χ0n) is 16.5. The number of carbonyl (C=O) groups excluding carboxylic acids is 2. The third-order valence-electron chi connectivity index (χ3n) is 3.86. The normalized spacial score (nSPS) is 12.3. The molecule has 7 nitrogen and oxygen atoms in total. The molecule has 3 amide bonds. The van der Waals surface area contributed by atoms with Gasteiger partial charge in [-0.2, -0.15) is 0 Å². The van der Waals surface area contributed by atoms with Crippen LogP contribution in [0.25, 0.3) is 0 Å². The van der Waals surface area contributed by atoms with Crippen LogP contribution in [0, 0.1) is 5.82 Å². The maximum atomic E-state index is 12.9. The Hall–Kier alpha value is -2.55. The van der Waals surface area contributed by atoms with Gasteiger partial charge in [0, 0.05) is 12.0 Å². The summed E-state index contributed by atoms with van der Waals surface area (Å²) in [6, 6.07) is 4.68. The lowest BCUT2D eigenvalue weighted by Crippen LogP contribution is -2.47. The van der Waals surface area contributed by atoms with Crippen LogP contribution in [0.4, 0.5) is 14.3 Å². The molecule has 0 saturated carbocycles. The number of hydrogen-bond acceptors (Lipinski definition) is 5. The van der Waals surface area contributed by atoms with Crippen LogP contribution in [0.2, 0.25) is 0 Å². The van der Waals surface area contributed by atoms with Gasteiger partial charge in [-0.3, -0.25) is 10.1 Å². The van der Waals surface area contributed by atoms with E-state index in [1.807, 2.05) is 27.7 Å². The van der Waals surface area contributed by atoms with E-state index >= 15 is 0 Å². The monoisotopic (exact) mass is 407 g/mol. The van der Waals surface area contributed by atoms with Crippen molar-refractivity contribution in [2.75, 3.05) is 5.32 Å². The van der Waals surface area contributed by atoms with Crippen molar-refractivity contribution in [3.63, 3.8) is 0 Å². The highest BCUT2D eigenvalue weighted by molar-refractivity contribution is 7.15. The first-order valence-electron chi connectivity index (χ1n) is 9.12. The Morgan fingerprint density at radius 2 is 1.86 bits per heavy atom. The SMILES string of the molecule is CCCC(NC(=O)NCc1ccc(F)cc1)C(=O)Nc1nnc(C(C)(C)C)s1. The zero-order chi connectivity index (χ0) is 20.7. The van der Waals surface area contributed by atoms with Crippen molar-refractivity contribution in [1.29, 1.82) is 0 Å². The van der Waals surface area contributed by atoms with Crippen molar-refractivity contribution in [1.82, 2.24) is 20.8 Å². The zero-order valence-corrected chi connectivity index (χ0v) is 17.3. The van der Waals surface area contributed by atoms with Crippen LogP contribution >= 0.6 is 11.3 Å². The van der Waals surface area contributed by atoms with E-state index in [1.54, 1.807) is 12.1 Å². The van der Waals surface area contributed by atoms with E-state index in [0.29, 0.717) is 11.6 Å². The molecule has 1 heterocycles. The standard InChI is InChI=1S/C19H26FN5O2S/c1-5-6-14(15(26)23-18-25-24-16(28-18)19(2,3)4)22-17(27)21-11-12-7-9-13(20)10-8-12/h7-10,14H,5-6,11H2,1-4H3,(H2,21,22,27)(H,23,25,26). The van der Waals surface area contributed by atoms with Crippen LogP contribution in [-0.4, -0.2) is 28.2 Å². The molecule has 0 aliphatic rings. The van der Waals surface area contributed by atoms with Gasteiger partial charge in [-0.1, -0.05) is 57.6 Å². The molecule has 1 atom stereocenters. The largest absolute Gasteiger partial charge is 0.334 e. The van der Waals surface area contributed by atoms with Crippen LogP contribution in [-0.2, 0) is 16.8 Å². The summed E-state index contributed by atoms with van der Waals surface area (Å²) in [5.41, 5.74) is 0.610. The smallest absolute Gasteiger partial charge is 0.315 e. The van der Waals surface area contributed by atoms with E-state index in [4.69, 9.17) is 0 Å². The average molecular weight is 408 g/mol. The number of carbonyl (C=O) groups is 2. The molecule has 2 rings (SSSR count). The minimum atomic E-state index is -0.694. The van der Waals surface area contributed by atoms with Gasteiger partial charge in [0.15, 0.2) is 0 Å². The first-order valence-corrected chi connectivity index (χ1v) is 9.94. The maximum absolute atomic E-state index is 12.9. The fourth-order valence-electron chi connectivity index (χ4n) is 2.32. The summed E-state index contributed by atoms with van der Waals surface area (Å²) >= 11 is 1.32. The number of rotatable bonds is 7. The second-order valence-electron chi connectivity index (χ2n) is 7.45. The van der Waals surface area contributed by atoms with Gasteiger partial charge in [0.1, 0.15) is 16.9 Å². The summed E-state index contributed by atoms with van der Waals surface area (Å²) < 4.78 is 12.9. The number of aromatic nitrogens is 2. The van der Waals surface area contributed by atoms with E-state index < -0.39 is 12.1 Å². The molecule has 152 valence electrons. The third kappa shape index (κ3) is 6.56. The first kappa shape index (κ1) is 21.7. The molecule has 0 bridgehead atoms. The number of halogens is 1. The lowest BCUT2D eigenvalue weighted by molar-refractivity contribution is -0.118. The molecular formula is C19H26FN5O2S. The van der Waals surface area contributed by atoms with Crippen LogP contribution < -0.4 is 16.0 Å². The van der Waals surface area contributed by atoms with Crippen LogP contribution in [0.5, 0.6) is 0 Å². The Labute approximate surface area is 168 Å². The van der Waals surface area contributed by atoms with Gasteiger partial charge < -0.3 is 10.6 Å². The highest BCUT2D eigenvalue weighted by Gasteiger charge is 2.23. The second kappa shape index (κ2) is 9.59. The Morgan fingerprint density at radius 1 is 1.18 bits per heavy atom. The molecule has 0 radical (unpaired) electrons. The summed E-state index contributed by atoms with van der Waals surface area (Å²) in [5, 5.41) is 17.4. The molecule has 0 aliphatic carbocycles. The average Bonchev–Trinajstić information content (AvgIpc) is 3.10. The Balaban J connectivity index is 1.91. The molecule has 3 N–H and O–H groups in total. The number of amides is 3. The number of anilines is 1. The fraction of sp³-hybridized carbons (Fsp3) is 0.474. The van der Waals surface area contributed by atoms with E-state index in [-0.39, 0.29) is 23.7 Å². The van der Waals surface area contributed by atoms with Gasteiger partial charge >= 0.3 is 6.03 Å². The van der Waals surface area contributed by atoms with E-state index in [2.05, 4.69) is 26.1 Å². The molecule has 28 heavy (non-hydrogen) atoms. The summed E-state index contributed by atoms with van der Waals surface area (Å²) in [7, 11) is 0. The van der Waals surface area contributed by atoms with Gasteiger partial charge in [-0.15, -0.1) is 10.2 Å². The van der Waals surface area contributed by atoms with Gasteiger partial charge in [-0.25, -0.2) is 9.18 Å². The Bertz CT molecular complexity index is 801. The van der Waals surface area contributed by atoms with Crippen molar-refractivity contribution < 1.29 is 14.0 Å². The molecule has 2 aromatic rings. The van der Waals surface area contributed by atoms with Crippen LogP contribution in [0.1, 0.15) is 51.1 Å². The van der Waals surface area contributed by atoms with Gasteiger partial charge in [-0.05, 0) is 24.1 Å². The first-order chi connectivity index (χ1) is 13.2. The Kier molecular flexibility index (Phi) is 7.45. The van der Waals surface area contributed by atoms with Gasteiger partial charge in [0.05, 0.1) is 0 Å². The minimum Gasteiger partial charge on any atom is -0.334 e. The maximum Gasteiger partial charge on any atom is 0.315 e. The summed E-state index contributed by atoms with van der Waals surface area (Å²) in [6.07, 6.45) is 1.21. The molecule has 0 fully saturated rings. The van der Waals surface area contributed by atoms with Crippen molar-refractivity contribution in [2.24, 2.45) is 0 Å². The number of nitrogens with one attached hydrogen (secondary N) is 3. The lowest BCUT2D eigenvalue weighted by atomic mass is 9.98. The van der Waals surface area contributed by atoms with Crippen molar-refractivity contribution in [3.05, 3.63) is 40.7 Å². The van der Waals surface area contributed by atoms with E-state index in [0.717, 1.165) is 17.0 Å². The third-order valence-corrected chi connectivity index (χ3v) is 5.13. The molecule has 1 unspecified atom stereocenters. The predicted molar refractivity (Wildman–Crippen MR) is 108 cm³/mol. The van der Waals surface area contributed by atoms with Crippen molar-refractivity contribution in [3.8, 4) is 0 Å². The molecule has 1 aromatic heterocycles. The summed E-state index contributed by atoms with van der Waals surface area (Å²) in [5.74, 6) is -0.672. The molecular weight excluding hydrogens is 381 g/mol. The van der Waals surface area contributed by atoms with Crippen molar-refractivity contribution in [2.45, 2.75) is 58.5 Å². The Morgan fingerprint density at radius 3 is 2.43 bits per heavy atom. The quantitative estimate of drug-likeness (QED) is 0.654. The predicted octanol–water partition coefficient (Wildman–Crippen LogP) is 3.58.